The van der Waals surface area contributed by atoms with E-state index in [0.29, 0.717) is 22.5 Å². The minimum Gasteiger partial charge on any atom is -0.466 e. The molecule has 4 aromatic rings. The topological polar surface area (TPSA) is 84.0 Å². The highest BCUT2D eigenvalue weighted by Crippen LogP contribution is 2.33. The van der Waals surface area contributed by atoms with E-state index in [4.69, 9.17) is 4.74 Å². The van der Waals surface area contributed by atoms with Gasteiger partial charge in [0.25, 0.3) is 11.8 Å². The van der Waals surface area contributed by atoms with Gasteiger partial charge in [0, 0.05) is 30.0 Å². The van der Waals surface area contributed by atoms with E-state index >= 15 is 0 Å². The van der Waals surface area contributed by atoms with Gasteiger partial charge in [-0.05, 0) is 18.2 Å². The van der Waals surface area contributed by atoms with Gasteiger partial charge in [0.2, 0.25) is 5.88 Å². The Hall–Kier alpha value is -3.88. The first-order chi connectivity index (χ1) is 15.5. The first kappa shape index (κ1) is 20.0. The van der Waals surface area contributed by atoms with Gasteiger partial charge in [-0.15, -0.1) is 0 Å². The fourth-order valence-corrected chi connectivity index (χ4v) is 3.82. The van der Waals surface area contributed by atoms with Gasteiger partial charge >= 0.3 is 0 Å². The lowest BCUT2D eigenvalue weighted by Crippen LogP contribution is -2.55. The zero-order chi connectivity index (χ0) is 22.1. The maximum atomic E-state index is 14.7. The molecule has 1 aliphatic heterocycles. The number of aromatic nitrogens is 4. The van der Waals surface area contributed by atoms with Crippen molar-refractivity contribution in [2.45, 2.75) is 18.4 Å². The van der Waals surface area contributed by atoms with E-state index in [2.05, 4.69) is 20.2 Å². The third-order valence-corrected chi connectivity index (χ3v) is 5.52. The van der Waals surface area contributed by atoms with Crippen molar-refractivity contribution in [3.63, 3.8) is 0 Å². The molecule has 2 aromatic heterocycles. The van der Waals surface area contributed by atoms with Gasteiger partial charge in [0.1, 0.15) is 6.33 Å². The number of nitrogens with one attached hydrogen (secondary N) is 1. The molecule has 1 N–H and O–H groups in total. The second kappa shape index (κ2) is 7.99. The minimum atomic E-state index is -3.09. The number of ether oxygens (including phenoxy) is 1. The summed E-state index contributed by atoms with van der Waals surface area (Å²) in [5, 5.41) is 7.45. The van der Waals surface area contributed by atoms with Gasteiger partial charge in [0.05, 0.1) is 17.6 Å². The van der Waals surface area contributed by atoms with Crippen LogP contribution in [0.2, 0.25) is 0 Å². The molecule has 162 valence electrons. The number of alkyl halides is 2. The normalized spacial score (nSPS) is 17.9. The van der Waals surface area contributed by atoms with Gasteiger partial charge in [-0.1, -0.05) is 36.4 Å². The van der Waals surface area contributed by atoms with Crippen molar-refractivity contribution in [2.75, 3.05) is 13.1 Å². The summed E-state index contributed by atoms with van der Waals surface area (Å²) in [6, 6.07) is 17.6. The van der Waals surface area contributed by atoms with Crippen LogP contribution in [0.1, 0.15) is 16.8 Å². The summed E-state index contributed by atoms with van der Waals surface area (Å²) < 4.78 is 35.0. The number of amides is 1. The number of piperidine rings is 1. The molecule has 3 heterocycles. The van der Waals surface area contributed by atoms with E-state index in [0.717, 1.165) is 5.39 Å². The zero-order valence-electron chi connectivity index (χ0n) is 16.9. The molecule has 7 nitrogen and oxygen atoms in total. The molecule has 0 bridgehead atoms. The van der Waals surface area contributed by atoms with Crippen LogP contribution in [0, 0.1) is 0 Å². The lowest BCUT2D eigenvalue weighted by Gasteiger charge is -2.38. The van der Waals surface area contributed by atoms with Crippen LogP contribution in [-0.4, -0.2) is 56.1 Å². The molecule has 1 saturated heterocycles. The highest BCUT2D eigenvalue weighted by molar-refractivity contribution is 6.00. The molecule has 1 amide bonds. The number of rotatable bonds is 4. The number of nitrogens with zero attached hydrogens (tertiary/aromatic N) is 4. The Labute approximate surface area is 182 Å². The van der Waals surface area contributed by atoms with Gasteiger partial charge in [0.15, 0.2) is 11.9 Å². The van der Waals surface area contributed by atoms with Crippen LogP contribution < -0.4 is 4.74 Å². The Morgan fingerprint density at radius 3 is 2.75 bits per heavy atom. The van der Waals surface area contributed by atoms with Gasteiger partial charge in [-0.3, -0.25) is 9.89 Å². The van der Waals surface area contributed by atoms with Crippen LogP contribution >= 0.6 is 0 Å². The van der Waals surface area contributed by atoms with Gasteiger partial charge in [-0.25, -0.2) is 18.7 Å². The number of benzene rings is 2. The summed E-state index contributed by atoms with van der Waals surface area (Å²) in [6.45, 7) is -0.341. The largest absolute Gasteiger partial charge is 0.466 e. The molecule has 1 atom stereocenters. The van der Waals surface area contributed by atoms with E-state index in [9.17, 15) is 13.6 Å². The average molecular weight is 435 g/mol. The molecular weight excluding hydrogens is 416 g/mol. The molecule has 1 unspecified atom stereocenters. The number of carbonyl (C=O) groups is 1. The Morgan fingerprint density at radius 2 is 1.91 bits per heavy atom. The standard InChI is InChI=1S/C23H19F2N5O2/c24-23(25)11-12-30(22(31)17-7-3-2-6-16(17)21-26-14-27-29-21)13-19(23)32-20-10-9-15-5-1-4-8-18(15)28-20/h1-10,14,19H,11-13H2,(H,26,27,29). The van der Waals surface area contributed by atoms with Crippen LogP contribution in [0.5, 0.6) is 5.88 Å². The molecule has 0 aliphatic carbocycles. The molecule has 2 aromatic carbocycles. The summed E-state index contributed by atoms with van der Waals surface area (Å²) in [4.78, 5) is 23.1. The molecule has 0 spiro atoms. The quantitative estimate of drug-likeness (QED) is 0.525. The first-order valence-electron chi connectivity index (χ1n) is 10.2. The van der Waals surface area contributed by atoms with Crippen molar-refractivity contribution in [1.29, 1.82) is 0 Å². The second-order valence-electron chi connectivity index (χ2n) is 7.59. The fourth-order valence-electron chi connectivity index (χ4n) is 3.82. The Bertz CT molecular complexity index is 1260. The van der Waals surface area contributed by atoms with Crippen molar-refractivity contribution in [2.24, 2.45) is 0 Å². The molecule has 0 radical (unpaired) electrons. The molecule has 32 heavy (non-hydrogen) atoms. The first-order valence-corrected chi connectivity index (χ1v) is 10.2. The Balaban J connectivity index is 1.39. The molecule has 5 rings (SSSR count). The number of likely N-dealkylation sites (tertiary alicyclic amines) is 1. The van der Waals surface area contributed by atoms with Crippen molar-refractivity contribution >= 4 is 16.8 Å². The molecule has 9 heteroatoms. The average Bonchev–Trinajstić information content (AvgIpc) is 3.35. The van der Waals surface area contributed by atoms with Crippen LogP contribution in [0.25, 0.3) is 22.3 Å². The number of halogens is 2. The van der Waals surface area contributed by atoms with Crippen molar-refractivity contribution < 1.29 is 18.3 Å². The van der Waals surface area contributed by atoms with Crippen LogP contribution in [0.3, 0.4) is 0 Å². The Kier molecular flexibility index (Phi) is 5.01. The van der Waals surface area contributed by atoms with Gasteiger partial charge < -0.3 is 9.64 Å². The number of para-hydroxylation sites is 1. The summed E-state index contributed by atoms with van der Waals surface area (Å²) in [7, 11) is 0. The number of aromatic amines is 1. The van der Waals surface area contributed by atoms with Crippen LogP contribution in [-0.2, 0) is 0 Å². The third-order valence-electron chi connectivity index (χ3n) is 5.52. The SMILES string of the molecule is O=C(c1ccccc1-c1ncn[nH]1)N1CCC(F)(F)C(Oc2ccc3ccccc3n2)C1. The van der Waals surface area contributed by atoms with Crippen LogP contribution in [0.15, 0.2) is 67.0 Å². The van der Waals surface area contributed by atoms with Crippen molar-refractivity contribution in [1.82, 2.24) is 25.1 Å². The lowest BCUT2D eigenvalue weighted by molar-refractivity contribution is -0.131. The van der Waals surface area contributed by atoms with Crippen molar-refractivity contribution in [3.05, 3.63) is 72.6 Å². The zero-order valence-corrected chi connectivity index (χ0v) is 16.9. The highest BCUT2D eigenvalue weighted by atomic mass is 19.3. The fraction of sp³-hybridized carbons (Fsp3) is 0.217. The maximum absolute atomic E-state index is 14.7. The third kappa shape index (κ3) is 3.77. The van der Waals surface area contributed by atoms with E-state index in [1.54, 1.807) is 42.5 Å². The van der Waals surface area contributed by atoms with E-state index in [-0.39, 0.29) is 24.9 Å². The lowest BCUT2D eigenvalue weighted by atomic mass is 10.0. The summed E-state index contributed by atoms with van der Waals surface area (Å²) >= 11 is 0. The summed E-state index contributed by atoms with van der Waals surface area (Å²) in [6.07, 6.45) is -0.661. The Morgan fingerprint density at radius 1 is 1.09 bits per heavy atom. The molecule has 0 saturated carbocycles. The van der Waals surface area contributed by atoms with E-state index in [1.165, 1.54) is 11.2 Å². The molecular formula is C23H19F2N5O2. The molecule has 1 fully saturated rings. The number of H-pyrrole nitrogens is 1. The number of fused-ring (bicyclic) bond motifs is 1. The van der Waals surface area contributed by atoms with Crippen molar-refractivity contribution in [3.8, 4) is 17.3 Å². The van der Waals surface area contributed by atoms with Gasteiger partial charge in [-0.2, -0.15) is 5.10 Å². The number of hydrogen-bond acceptors (Lipinski definition) is 5. The summed E-state index contributed by atoms with van der Waals surface area (Å²) in [5.41, 5.74) is 1.57. The minimum absolute atomic E-state index is 0.0818. The number of carbonyl (C=O) groups excluding carboxylic acids is 1. The summed E-state index contributed by atoms with van der Waals surface area (Å²) in [5.74, 6) is -2.92. The predicted octanol–water partition coefficient (Wildman–Crippen LogP) is 3.95. The van der Waals surface area contributed by atoms with E-state index in [1.807, 2.05) is 18.2 Å². The predicted molar refractivity (Wildman–Crippen MR) is 113 cm³/mol. The maximum Gasteiger partial charge on any atom is 0.287 e. The highest BCUT2D eigenvalue weighted by Gasteiger charge is 2.47. The van der Waals surface area contributed by atoms with E-state index < -0.39 is 18.4 Å². The number of hydrogen-bond donors (Lipinski definition) is 1. The van der Waals surface area contributed by atoms with Crippen LogP contribution in [0.4, 0.5) is 8.78 Å². The smallest absolute Gasteiger partial charge is 0.287 e. The second-order valence-corrected chi connectivity index (χ2v) is 7.59. The number of pyridine rings is 1. The molecule has 1 aliphatic rings. The monoisotopic (exact) mass is 435 g/mol.